The maximum Gasteiger partial charge on any atom is 0.258 e. The lowest BCUT2D eigenvalue weighted by atomic mass is 10.1. The van der Waals surface area contributed by atoms with Crippen LogP contribution >= 0.6 is 0 Å². The third-order valence-electron chi connectivity index (χ3n) is 3.77. The minimum Gasteiger partial charge on any atom is -0.497 e. The maximum absolute atomic E-state index is 12.3. The van der Waals surface area contributed by atoms with Crippen LogP contribution in [-0.4, -0.2) is 28.8 Å². The van der Waals surface area contributed by atoms with Gasteiger partial charge in [-0.25, -0.2) is 9.97 Å². The number of rotatable bonds is 6. The average Bonchev–Trinajstić information content (AvgIpc) is 2.69. The van der Waals surface area contributed by atoms with Crippen molar-refractivity contribution in [3.8, 4) is 5.75 Å². The first-order valence-electron chi connectivity index (χ1n) is 8.20. The highest BCUT2D eigenvalue weighted by Gasteiger charge is 2.09. The average molecular weight is 362 g/mol. The molecule has 3 aromatic rings. The smallest absolute Gasteiger partial charge is 0.258 e. The van der Waals surface area contributed by atoms with Gasteiger partial charge in [0.1, 0.15) is 5.75 Å². The number of hydrogen-bond acceptors (Lipinski definition) is 6. The highest BCUT2D eigenvalue weighted by atomic mass is 16.5. The van der Waals surface area contributed by atoms with Crippen LogP contribution in [0, 0.1) is 0 Å². The molecule has 27 heavy (non-hydrogen) atoms. The normalized spacial score (nSPS) is 10.1. The number of carbonyl (C=O) groups excluding carboxylic acids is 2. The number of aromatic nitrogens is 2. The zero-order chi connectivity index (χ0) is 19.2. The number of carbonyl (C=O) groups is 2. The topological polar surface area (TPSA) is 93.2 Å². The number of nitrogens with one attached hydrogen (secondary N) is 2. The molecule has 0 bridgehead atoms. The molecule has 0 atom stereocenters. The van der Waals surface area contributed by atoms with Crippen LogP contribution in [0.15, 0.2) is 60.9 Å². The van der Waals surface area contributed by atoms with Crippen LogP contribution in [0.2, 0.25) is 0 Å². The van der Waals surface area contributed by atoms with E-state index in [0.29, 0.717) is 34.2 Å². The van der Waals surface area contributed by atoms with Crippen molar-refractivity contribution in [2.24, 2.45) is 0 Å². The molecule has 0 aliphatic rings. The van der Waals surface area contributed by atoms with Crippen LogP contribution in [0.25, 0.3) is 0 Å². The summed E-state index contributed by atoms with van der Waals surface area (Å²) in [7, 11) is 1.56. The molecule has 2 N–H and O–H groups in total. The molecule has 0 fully saturated rings. The van der Waals surface area contributed by atoms with Crippen LogP contribution < -0.4 is 15.4 Å². The van der Waals surface area contributed by atoms with E-state index >= 15 is 0 Å². The number of nitrogens with zero attached hydrogens (tertiary/aromatic N) is 2. The second-order valence-corrected chi connectivity index (χ2v) is 5.74. The maximum atomic E-state index is 12.3. The van der Waals surface area contributed by atoms with E-state index in [1.54, 1.807) is 55.6 Å². The summed E-state index contributed by atoms with van der Waals surface area (Å²) in [5.41, 5.74) is 2.22. The molecule has 2 aromatic carbocycles. The van der Waals surface area contributed by atoms with E-state index in [1.807, 2.05) is 0 Å². The molecule has 136 valence electrons. The summed E-state index contributed by atoms with van der Waals surface area (Å²) in [5, 5.41) is 5.77. The van der Waals surface area contributed by atoms with Gasteiger partial charge in [-0.2, -0.15) is 0 Å². The highest BCUT2D eigenvalue weighted by Crippen LogP contribution is 2.18. The van der Waals surface area contributed by atoms with Crippen LogP contribution in [0.1, 0.15) is 27.6 Å². The number of anilines is 3. The minimum atomic E-state index is -0.326. The fourth-order valence-corrected chi connectivity index (χ4v) is 2.36. The van der Waals surface area contributed by atoms with Gasteiger partial charge in [0, 0.05) is 35.4 Å². The quantitative estimate of drug-likeness (QED) is 0.650. The Bertz CT molecular complexity index is 971. The monoisotopic (exact) mass is 362 g/mol. The van der Waals surface area contributed by atoms with Crippen LogP contribution in [0.4, 0.5) is 17.3 Å². The Morgan fingerprint density at radius 3 is 2.33 bits per heavy atom. The number of hydrogen-bond donors (Lipinski definition) is 2. The molecule has 1 amide bonds. The van der Waals surface area contributed by atoms with E-state index in [-0.39, 0.29) is 11.7 Å². The number of benzene rings is 2. The molecule has 0 aliphatic carbocycles. The molecule has 0 saturated carbocycles. The molecule has 3 rings (SSSR count). The van der Waals surface area contributed by atoms with Gasteiger partial charge in [0.15, 0.2) is 5.78 Å². The molecule has 0 radical (unpaired) electrons. The van der Waals surface area contributed by atoms with E-state index in [2.05, 4.69) is 20.6 Å². The molecule has 0 saturated heterocycles. The number of ether oxygens (including phenoxy) is 1. The molecular formula is C20H18N4O3. The summed E-state index contributed by atoms with van der Waals surface area (Å²) in [6.07, 6.45) is 2.86. The molecule has 1 aromatic heterocycles. The van der Waals surface area contributed by atoms with Gasteiger partial charge in [-0.1, -0.05) is 18.2 Å². The Morgan fingerprint density at radius 2 is 1.63 bits per heavy atom. The van der Waals surface area contributed by atoms with E-state index in [1.165, 1.54) is 19.3 Å². The summed E-state index contributed by atoms with van der Waals surface area (Å²) in [4.78, 5) is 32.1. The molecule has 0 aliphatic heterocycles. The zero-order valence-electron chi connectivity index (χ0n) is 14.9. The predicted octanol–water partition coefficient (Wildman–Crippen LogP) is 3.68. The summed E-state index contributed by atoms with van der Waals surface area (Å²) < 4.78 is 5.13. The van der Waals surface area contributed by atoms with Crippen molar-refractivity contribution in [3.63, 3.8) is 0 Å². The Hall–Kier alpha value is -3.74. The van der Waals surface area contributed by atoms with Gasteiger partial charge in [0.2, 0.25) is 5.95 Å². The van der Waals surface area contributed by atoms with Crippen LogP contribution in [0.3, 0.4) is 0 Å². The molecule has 7 nitrogen and oxygen atoms in total. The van der Waals surface area contributed by atoms with Gasteiger partial charge < -0.3 is 15.4 Å². The lowest BCUT2D eigenvalue weighted by Crippen LogP contribution is -2.13. The first-order chi connectivity index (χ1) is 13.0. The van der Waals surface area contributed by atoms with E-state index in [0.717, 1.165) is 0 Å². The molecule has 7 heteroatoms. The van der Waals surface area contributed by atoms with Crippen molar-refractivity contribution in [2.75, 3.05) is 17.7 Å². The van der Waals surface area contributed by atoms with Gasteiger partial charge in [-0.05, 0) is 31.2 Å². The van der Waals surface area contributed by atoms with Crippen molar-refractivity contribution >= 4 is 29.0 Å². The van der Waals surface area contributed by atoms with Gasteiger partial charge in [0.05, 0.1) is 12.7 Å². The molecular weight excluding hydrogens is 344 g/mol. The van der Waals surface area contributed by atoms with Crippen molar-refractivity contribution in [1.29, 1.82) is 0 Å². The SMILES string of the molecule is COc1cccc(NC(=O)c2cnc(Nc3cccc(C(C)=O)c3)nc2)c1. The van der Waals surface area contributed by atoms with Crippen molar-refractivity contribution in [2.45, 2.75) is 6.92 Å². The van der Waals surface area contributed by atoms with E-state index in [4.69, 9.17) is 4.74 Å². The lowest BCUT2D eigenvalue weighted by Gasteiger charge is -2.08. The predicted molar refractivity (Wildman–Crippen MR) is 103 cm³/mol. The Balaban J connectivity index is 1.68. The fourth-order valence-electron chi connectivity index (χ4n) is 2.36. The third kappa shape index (κ3) is 4.66. The van der Waals surface area contributed by atoms with Gasteiger partial charge in [-0.3, -0.25) is 9.59 Å². The van der Waals surface area contributed by atoms with Crippen LogP contribution in [0.5, 0.6) is 5.75 Å². The molecule has 0 spiro atoms. The van der Waals surface area contributed by atoms with Crippen molar-refractivity contribution in [1.82, 2.24) is 9.97 Å². The first-order valence-corrected chi connectivity index (χ1v) is 8.20. The van der Waals surface area contributed by atoms with Gasteiger partial charge in [0.25, 0.3) is 5.91 Å². The first kappa shape index (κ1) is 18.1. The minimum absolute atomic E-state index is 0.0240. The number of Topliss-reactive ketones (excluding diaryl/α,β-unsaturated/α-hetero) is 1. The Kier molecular flexibility index (Phi) is 5.41. The second-order valence-electron chi connectivity index (χ2n) is 5.74. The summed E-state index contributed by atoms with van der Waals surface area (Å²) in [6, 6.07) is 14.1. The van der Waals surface area contributed by atoms with Gasteiger partial charge >= 0.3 is 0 Å². The third-order valence-corrected chi connectivity index (χ3v) is 3.77. The largest absolute Gasteiger partial charge is 0.497 e. The highest BCUT2D eigenvalue weighted by molar-refractivity contribution is 6.04. The number of amides is 1. The van der Waals surface area contributed by atoms with Crippen molar-refractivity contribution < 1.29 is 14.3 Å². The molecule has 0 unspecified atom stereocenters. The zero-order valence-corrected chi connectivity index (χ0v) is 14.9. The van der Waals surface area contributed by atoms with E-state index in [9.17, 15) is 9.59 Å². The van der Waals surface area contributed by atoms with Gasteiger partial charge in [-0.15, -0.1) is 0 Å². The molecule has 1 heterocycles. The number of ketones is 1. The lowest BCUT2D eigenvalue weighted by molar-refractivity contribution is 0.101. The second kappa shape index (κ2) is 8.09. The fraction of sp³-hybridized carbons (Fsp3) is 0.100. The number of methoxy groups -OCH3 is 1. The summed E-state index contributed by atoms with van der Waals surface area (Å²) >= 11 is 0. The Labute approximate surface area is 156 Å². The van der Waals surface area contributed by atoms with E-state index < -0.39 is 0 Å². The Morgan fingerprint density at radius 1 is 0.926 bits per heavy atom. The standard InChI is InChI=1S/C20H18N4O3/c1-13(25)14-5-3-6-16(9-14)24-20-21-11-15(12-22-20)19(26)23-17-7-4-8-18(10-17)27-2/h3-12H,1-2H3,(H,23,26)(H,21,22,24). The summed E-state index contributed by atoms with van der Waals surface area (Å²) in [5.74, 6) is 0.627. The van der Waals surface area contributed by atoms with Crippen molar-refractivity contribution in [3.05, 3.63) is 72.1 Å². The van der Waals surface area contributed by atoms with Crippen LogP contribution in [-0.2, 0) is 0 Å². The summed E-state index contributed by atoms with van der Waals surface area (Å²) in [6.45, 7) is 1.51.